The summed E-state index contributed by atoms with van der Waals surface area (Å²) in [5, 5.41) is 9.75. The first-order chi connectivity index (χ1) is 14.9. The predicted molar refractivity (Wildman–Crippen MR) is 112 cm³/mol. The molecular weight excluding hydrogens is 407 g/mol. The molecule has 1 fully saturated rings. The Morgan fingerprint density at radius 2 is 1.87 bits per heavy atom. The summed E-state index contributed by atoms with van der Waals surface area (Å²) in [4.78, 5) is 16.9. The molecule has 2 N–H and O–H groups in total. The molecule has 9 heteroatoms. The van der Waals surface area contributed by atoms with Crippen molar-refractivity contribution in [3.63, 3.8) is 0 Å². The zero-order valence-corrected chi connectivity index (χ0v) is 16.3. The van der Waals surface area contributed by atoms with E-state index in [1.807, 2.05) is 0 Å². The minimum absolute atomic E-state index is 0.102. The lowest BCUT2D eigenvalue weighted by Gasteiger charge is -2.13. The fraction of sp³-hybridized carbons (Fsp3) is 0.227. The fourth-order valence-electron chi connectivity index (χ4n) is 3.53. The molecule has 0 saturated heterocycles. The van der Waals surface area contributed by atoms with Gasteiger partial charge in [-0.15, -0.1) is 0 Å². The summed E-state index contributed by atoms with van der Waals surface area (Å²) in [6, 6.07) is 12.9. The molecule has 2 aromatic carbocycles. The van der Waals surface area contributed by atoms with E-state index in [0.717, 1.165) is 30.3 Å². The van der Waals surface area contributed by atoms with E-state index in [1.165, 1.54) is 4.68 Å². The number of nitrogens with one attached hydrogen (secondary N) is 2. The molecule has 2 heterocycles. The van der Waals surface area contributed by atoms with Gasteiger partial charge in [0.05, 0.1) is 23.6 Å². The number of nitrogens with zero attached hydrogens (tertiary/aromatic N) is 3. The fourth-order valence-corrected chi connectivity index (χ4v) is 3.53. The molecular formula is C22H18F3N5O. The van der Waals surface area contributed by atoms with E-state index in [1.54, 1.807) is 48.7 Å². The third-order valence-electron chi connectivity index (χ3n) is 5.27. The number of anilines is 2. The van der Waals surface area contributed by atoms with Gasteiger partial charge in [0.2, 0.25) is 0 Å². The van der Waals surface area contributed by atoms with Gasteiger partial charge in [-0.3, -0.25) is 9.79 Å². The van der Waals surface area contributed by atoms with Crippen molar-refractivity contribution in [1.29, 1.82) is 0 Å². The maximum Gasteiger partial charge on any atom is 0.435 e. The van der Waals surface area contributed by atoms with Crippen LogP contribution >= 0.6 is 0 Å². The summed E-state index contributed by atoms with van der Waals surface area (Å²) in [6.45, 7) is 0.603. The molecule has 0 unspecified atom stereocenters. The van der Waals surface area contributed by atoms with Crippen molar-refractivity contribution in [3.05, 3.63) is 65.5 Å². The summed E-state index contributed by atoms with van der Waals surface area (Å²) in [5.74, 6) is -0.186. The van der Waals surface area contributed by atoms with E-state index in [9.17, 15) is 18.0 Å². The van der Waals surface area contributed by atoms with Crippen molar-refractivity contribution >= 4 is 29.2 Å². The molecule has 0 spiro atoms. The Morgan fingerprint density at radius 3 is 2.58 bits per heavy atom. The van der Waals surface area contributed by atoms with E-state index in [0.29, 0.717) is 29.2 Å². The van der Waals surface area contributed by atoms with Crippen LogP contribution in [-0.2, 0) is 6.18 Å². The molecule has 1 aromatic heterocycles. The molecule has 31 heavy (non-hydrogen) atoms. The van der Waals surface area contributed by atoms with Crippen LogP contribution < -0.4 is 10.6 Å². The predicted octanol–water partition coefficient (Wildman–Crippen LogP) is 5.15. The first-order valence-electron chi connectivity index (χ1n) is 9.88. The van der Waals surface area contributed by atoms with Crippen molar-refractivity contribution in [1.82, 2.24) is 9.78 Å². The number of hydrogen-bond donors (Lipinski definition) is 2. The topological polar surface area (TPSA) is 71.3 Å². The zero-order valence-electron chi connectivity index (χ0n) is 16.3. The van der Waals surface area contributed by atoms with E-state index >= 15 is 0 Å². The van der Waals surface area contributed by atoms with Crippen LogP contribution in [0.4, 0.5) is 30.2 Å². The summed E-state index contributed by atoms with van der Waals surface area (Å²) < 4.78 is 40.7. The molecule has 2 aliphatic rings. The number of aromatic nitrogens is 2. The second-order valence-corrected chi connectivity index (χ2v) is 7.56. The van der Waals surface area contributed by atoms with E-state index in [4.69, 9.17) is 0 Å². The highest BCUT2D eigenvalue weighted by atomic mass is 19.4. The van der Waals surface area contributed by atoms with Crippen LogP contribution in [0, 0.1) is 0 Å². The quantitative estimate of drug-likeness (QED) is 0.607. The summed E-state index contributed by atoms with van der Waals surface area (Å²) >= 11 is 0. The Labute approximate surface area is 175 Å². The molecule has 0 radical (unpaired) electrons. The third-order valence-corrected chi connectivity index (χ3v) is 5.27. The average molecular weight is 425 g/mol. The van der Waals surface area contributed by atoms with E-state index in [2.05, 4.69) is 20.7 Å². The van der Waals surface area contributed by atoms with Gasteiger partial charge >= 0.3 is 6.18 Å². The van der Waals surface area contributed by atoms with Gasteiger partial charge in [0.15, 0.2) is 5.69 Å². The largest absolute Gasteiger partial charge is 0.435 e. The number of carbonyl (C=O) groups excluding carboxylic acids is 1. The highest BCUT2D eigenvalue weighted by Gasteiger charge is 2.38. The minimum atomic E-state index is -4.49. The third kappa shape index (κ3) is 3.90. The maximum absolute atomic E-state index is 13.1. The van der Waals surface area contributed by atoms with Gasteiger partial charge < -0.3 is 10.6 Å². The molecule has 6 nitrogen and oxygen atoms in total. The molecule has 5 rings (SSSR count). The Kier molecular flexibility index (Phi) is 4.53. The van der Waals surface area contributed by atoms with Crippen LogP contribution in [0.25, 0.3) is 5.69 Å². The Bertz CT molecular complexity index is 1180. The monoisotopic (exact) mass is 425 g/mol. The summed E-state index contributed by atoms with van der Waals surface area (Å²) in [5.41, 5.74) is 2.77. The van der Waals surface area contributed by atoms with E-state index < -0.39 is 11.9 Å². The van der Waals surface area contributed by atoms with Crippen LogP contribution in [0.2, 0.25) is 0 Å². The van der Waals surface area contributed by atoms with Gasteiger partial charge in [-0.2, -0.15) is 18.3 Å². The normalized spacial score (nSPS) is 15.3. The SMILES string of the molecule is O=C(Nc1ccc(-n2nc(C(F)(F)F)cc2C2CC2)cc1)c1ccc2c(c1)NCC=N2. The Hall–Kier alpha value is -3.62. The number of aliphatic imine (C=N–C) groups is 1. The molecule has 0 atom stereocenters. The highest BCUT2D eigenvalue weighted by Crippen LogP contribution is 2.43. The highest BCUT2D eigenvalue weighted by molar-refractivity contribution is 6.05. The first-order valence-corrected chi connectivity index (χ1v) is 9.88. The van der Waals surface area contributed by atoms with Gasteiger partial charge in [-0.25, -0.2) is 4.68 Å². The van der Waals surface area contributed by atoms with Gasteiger partial charge in [0.1, 0.15) is 0 Å². The Morgan fingerprint density at radius 1 is 1.10 bits per heavy atom. The molecule has 1 aliphatic carbocycles. The first kappa shape index (κ1) is 19.3. The summed E-state index contributed by atoms with van der Waals surface area (Å²) in [6.07, 6.45) is -1.01. The molecule has 0 bridgehead atoms. The van der Waals surface area contributed by atoms with Crippen LogP contribution in [0.15, 0.2) is 53.5 Å². The smallest absolute Gasteiger partial charge is 0.378 e. The second-order valence-electron chi connectivity index (χ2n) is 7.56. The van der Waals surface area contributed by atoms with Crippen molar-refractivity contribution < 1.29 is 18.0 Å². The van der Waals surface area contributed by atoms with Crippen LogP contribution in [0.1, 0.15) is 40.5 Å². The molecule has 1 amide bonds. The van der Waals surface area contributed by atoms with Gasteiger partial charge in [-0.05, 0) is 61.4 Å². The number of amides is 1. The lowest BCUT2D eigenvalue weighted by atomic mass is 10.1. The second kappa shape index (κ2) is 7.26. The number of hydrogen-bond acceptors (Lipinski definition) is 4. The number of rotatable bonds is 4. The lowest BCUT2D eigenvalue weighted by Crippen LogP contribution is -2.13. The van der Waals surface area contributed by atoms with Crippen LogP contribution in [0.5, 0.6) is 0 Å². The van der Waals surface area contributed by atoms with E-state index in [-0.39, 0.29) is 11.8 Å². The average Bonchev–Trinajstić information content (AvgIpc) is 3.50. The number of benzene rings is 2. The molecule has 1 aliphatic heterocycles. The Balaban J connectivity index is 1.36. The molecule has 158 valence electrons. The van der Waals surface area contributed by atoms with Gasteiger partial charge in [0.25, 0.3) is 5.91 Å². The van der Waals surface area contributed by atoms with Crippen molar-refractivity contribution in [3.8, 4) is 5.69 Å². The minimum Gasteiger partial charge on any atom is -0.378 e. The number of halogens is 3. The summed E-state index contributed by atoms with van der Waals surface area (Å²) in [7, 11) is 0. The van der Waals surface area contributed by atoms with Crippen molar-refractivity contribution in [2.45, 2.75) is 24.9 Å². The van der Waals surface area contributed by atoms with Crippen LogP contribution in [0.3, 0.4) is 0 Å². The lowest BCUT2D eigenvalue weighted by molar-refractivity contribution is -0.141. The van der Waals surface area contributed by atoms with Crippen molar-refractivity contribution in [2.75, 3.05) is 17.2 Å². The van der Waals surface area contributed by atoms with Crippen LogP contribution in [-0.4, -0.2) is 28.4 Å². The number of carbonyl (C=O) groups is 1. The number of fused-ring (bicyclic) bond motifs is 1. The van der Waals surface area contributed by atoms with Gasteiger partial charge in [0, 0.05) is 29.1 Å². The molecule has 1 saturated carbocycles. The molecule has 3 aromatic rings. The number of alkyl halides is 3. The van der Waals surface area contributed by atoms with Gasteiger partial charge in [-0.1, -0.05) is 0 Å². The standard InChI is InChI=1S/C22H18F3N5O/c23-22(24,25)20-12-19(13-1-2-13)30(29-20)16-6-4-15(5-7-16)28-21(31)14-3-8-17-18(11-14)27-10-9-26-17/h3-9,11-13,27H,1-2,10H2,(H,28,31). The maximum atomic E-state index is 13.1. The van der Waals surface area contributed by atoms with Crippen molar-refractivity contribution in [2.24, 2.45) is 4.99 Å². The zero-order chi connectivity index (χ0) is 21.6.